The van der Waals surface area contributed by atoms with Crippen LogP contribution in [0.3, 0.4) is 0 Å². The smallest absolute Gasteiger partial charge is 0.293 e. The minimum Gasteiger partial charge on any atom is -0.504 e. The topological polar surface area (TPSA) is 110 Å². The number of hydrogen-bond donors (Lipinski definition) is 1. The van der Waals surface area contributed by atoms with E-state index in [1.165, 1.54) is 43.5 Å². The zero-order valence-corrected chi connectivity index (χ0v) is 16.8. The summed E-state index contributed by atoms with van der Waals surface area (Å²) in [5.41, 5.74) is 1.10. The second kappa shape index (κ2) is 8.03. The number of carbonyl (C=O) groups excluding carboxylic acids is 2. The van der Waals surface area contributed by atoms with Gasteiger partial charge in [-0.15, -0.1) is 0 Å². The third-order valence-electron chi connectivity index (χ3n) is 3.95. The van der Waals surface area contributed by atoms with Crippen LogP contribution >= 0.6 is 27.7 Å². The van der Waals surface area contributed by atoms with Crippen molar-refractivity contribution in [3.8, 4) is 11.5 Å². The second-order valence-corrected chi connectivity index (χ2v) is 7.58. The van der Waals surface area contributed by atoms with E-state index in [1.807, 2.05) is 0 Å². The van der Waals surface area contributed by atoms with Crippen LogP contribution in [-0.2, 0) is 11.3 Å². The van der Waals surface area contributed by atoms with Crippen LogP contribution in [0.15, 0.2) is 45.8 Å². The number of carbonyl (C=O) groups is 2. The van der Waals surface area contributed by atoms with Gasteiger partial charge in [0.05, 0.1) is 23.5 Å². The average molecular weight is 465 g/mol. The summed E-state index contributed by atoms with van der Waals surface area (Å²) in [6.45, 7) is 0.0140. The summed E-state index contributed by atoms with van der Waals surface area (Å²) in [6.07, 6.45) is 1.53. The number of nitro benzene ring substituents is 1. The number of rotatable bonds is 5. The van der Waals surface area contributed by atoms with E-state index in [-0.39, 0.29) is 28.6 Å². The monoisotopic (exact) mass is 464 g/mol. The normalized spacial score (nSPS) is 15.4. The Hall–Kier alpha value is -2.85. The minimum atomic E-state index is -0.517. The zero-order valence-electron chi connectivity index (χ0n) is 14.4. The Morgan fingerprint density at radius 1 is 1.29 bits per heavy atom. The molecule has 0 bridgehead atoms. The number of benzene rings is 2. The van der Waals surface area contributed by atoms with Gasteiger partial charge < -0.3 is 9.84 Å². The van der Waals surface area contributed by atoms with E-state index < -0.39 is 16.1 Å². The molecule has 1 saturated heterocycles. The highest BCUT2D eigenvalue weighted by Gasteiger charge is 2.35. The summed E-state index contributed by atoms with van der Waals surface area (Å²) in [5, 5.41) is 20.1. The SMILES string of the molecule is COc1cc(/C=C2\SC(=O)N(Cc3ccc([N+](=O)[O-])cc3)C2=O)c(Br)cc1O. The number of non-ortho nitro benzene ring substituents is 1. The maximum Gasteiger partial charge on any atom is 0.293 e. The van der Waals surface area contributed by atoms with Crippen LogP contribution in [0.1, 0.15) is 11.1 Å². The summed E-state index contributed by atoms with van der Waals surface area (Å²) in [7, 11) is 1.41. The molecule has 1 fully saturated rings. The molecule has 10 heteroatoms. The number of methoxy groups -OCH3 is 1. The maximum absolute atomic E-state index is 12.6. The lowest BCUT2D eigenvalue weighted by atomic mass is 10.1. The molecule has 0 radical (unpaired) electrons. The summed E-state index contributed by atoms with van der Waals surface area (Å²) >= 11 is 4.10. The lowest BCUT2D eigenvalue weighted by Crippen LogP contribution is -2.27. The lowest BCUT2D eigenvalue weighted by molar-refractivity contribution is -0.384. The molecule has 3 rings (SSSR count). The van der Waals surface area contributed by atoms with E-state index in [2.05, 4.69) is 15.9 Å². The third-order valence-corrected chi connectivity index (χ3v) is 5.54. The van der Waals surface area contributed by atoms with Crippen LogP contribution in [-0.4, -0.2) is 33.2 Å². The van der Waals surface area contributed by atoms with Crippen LogP contribution in [0, 0.1) is 10.1 Å². The fraction of sp³-hybridized carbons (Fsp3) is 0.111. The first-order valence-electron chi connectivity index (χ1n) is 7.85. The van der Waals surface area contributed by atoms with Crippen LogP contribution in [0.5, 0.6) is 11.5 Å². The number of ether oxygens (including phenoxy) is 1. The highest BCUT2D eigenvalue weighted by Crippen LogP contribution is 2.37. The van der Waals surface area contributed by atoms with E-state index in [0.29, 0.717) is 15.6 Å². The summed E-state index contributed by atoms with van der Waals surface area (Å²) < 4.78 is 5.60. The Morgan fingerprint density at radius 3 is 2.57 bits per heavy atom. The molecule has 0 saturated carbocycles. The molecule has 0 unspecified atom stereocenters. The largest absolute Gasteiger partial charge is 0.504 e. The molecule has 0 spiro atoms. The molecule has 2 amide bonds. The first kappa shape index (κ1) is 19.9. The molecule has 1 heterocycles. The number of thioether (sulfide) groups is 1. The van der Waals surface area contributed by atoms with Crippen LogP contribution < -0.4 is 4.74 Å². The Labute approximate surface area is 172 Å². The molecular weight excluding hydrogens is 452 g/mol. The van der Waals surface area contributed by atoms with Crippen molar-refractivity contribution in [3.05, 3.63) is 67.0 Å². The highest BCUT2D eigenvalue weighted by atomic mass is 79.9. The molecule has 1 aliphatic rings. The summed E-state index contributed by atoms with van der Waals surface area (Å²) in [6, 6.07) is 8.64. The number of nitrogens with zero attached hydrogens (tertiary/aromatic N) is 2. The Morgan fingerprint density at radius 2 is 1.96 bits per heavy atom. The van der Waals surface area contributed by atoms with Crippen molar-refractivity contribution in [1.82, 2.24) is 4.90 Å². The molecule has 1 N–H and O–H groups in total. The fourth-order valence-electron chi connectivity index (χ4n) is 2.52. The molecule has 8 nitrogen and oxygen atoms in total. The van der Waals surface area contributed by atoms with Crippen molar-refractivity contribution in [3.63, 3.8) is 0 Å². The van der Waals surface area contributed by atoms with Crippen LogP contribution in [0.25, 0.3) is 6.08 Å². The number of hydrogen-bond acceptors (Lipinski definition) is 7. The minimum absolute atomic E-state index is 0.0140. The number of phenols is 1. The molecule has 144 valence electrons. The van der Waals surface area contributed by atoms with E-state index in [9.17, 15) is 24.8 Å². The fourth-order valence-corrected chi connectivity index (χ4v) is 3.79. The molecule has 0 aliphatic carbocycles. The number of nitro groups is 1. The van der Waals surface area contributed by atoms with E-state index in [0.717, 1.165) is 16.7 Å². The van der Waals surface area contributed by atoms with Gasteiger partial charge in [0.2, 0.25) is 0 Å². The first-order valence-corrected chi connectivity index (χ1v) is 9.46. The lowest BCUT2D eigenvalue weighted by Gasteiger charge is -2.12. The van der Waals surface area contributed by atoms with Crippen molar-refractivity contribution >= 4 is 50.6 Å². The third kappa shape index (κ3) is 4.02. The number of imide groups is 1. The quantitative estimate of drug-likeness (QED) is 0.398. The molecule has 2 aromatic rings. The van der Waals surface area contributed by atoms with Gasteiger partial charge >= 0.3 is 0 Å². The number of amides is 2. The standard InChI is InChI=1S/C18H13BrN2O6S/c1-27-15-6-11(13(19)8-14(15)22)7-16-17(23)20(18(24)28-16)9-10-2-4-12(5-3-10)21(25)26/h2-8,22H,9H2,1H3/b16-7-. The van der Waals surface area contributed by atoms with Crippen molar-refractivity contribution in [2.45, 2.75) is 6.54 Å². The summed E-state index contributed by atoms with van der Waals surface area (Å²) in [4.78, 5) is 36.4. The van der Waals surface area contributed by atoms with Crippen LogP contribution in [0.4, 0.5) is 10.5 Å². The van der Waals surface area contributed by atoms with Gasteiger partial charge in [0.1, 0.15) is 0 Å². The van der Waals surface area contributed by atoms with Gasteiger partial charge in [-0.1, -0.05) is 28.1 Å². The van der Waals surface area contributed by atoms with E-state index in [4.69, 9.17) is 4.74 Å². The zero-order chi connectivity index (χ0) is 20.4. The maximum atomic E-state index is 12.6. The number of halogens is 1. The average Bonchev–Trinajstić information content (AvgIpc) is 2.91. The Kier molecular flexibility index (Phi) is 5.71. The van der Waals surface area contributed by atoms with Crippen molar-refractivity contribution in [2.24, 2.45) is 0 Å². The summed E-state index contributed by atoms with van der Waals surface area (Å²) in [5.74, 6) is -0.287. The van der Waals surface area contributed by atoms with E-state index >= 15 is 0 Å². The first-order chi connectivity index (χ1) is 13.3. The van der Waals surface area contributed by atoms with Crippen molar-refractivity contribution in [1.29, 1.82) is 0 Å². The van der Waals surface area contributed by atoms with Gasteiger partial charge in [-0.05, 0) is 41.1 Å². The Balaban J connectivity index is 1.83. The van der Waals surface area contributed by atoms with Gasteiger partial charge in [-0.3, -0.25) is 24.6 Å². The van der Waals surface area contributed by atoms with Gasteiger partial charge in [0.15, 0.2) is 11.5 Å². The predicted octanol–water partition coefficient (Wildman–Crippen LogP) is 4.31. The van der Waals surface area contributed by atoms with Gasteiger partial charge in [0.25, 0.3) is 16.8 Å². The van der Waals surface area contributed by atoms with Gasteiger partial charge in [-0.25, -0.2) is 0 Å². The number of phenolic OH excluding ortho intramolecular Hbond substituents is 1. The highest BCUT2D eigenvalue weighted by molar-refractivity contribution is 9.10. The number of aromatic hydroxyl groups is 1. The molecule has 1 aliphatic heterocycles. The molecular formula is C18H13BrN2O6S. The molecule has 28 heavy (non-hydrogen) atoms. The van der Waals surface area contributed by atoms with Gasteiger partial charge in [-0.2, -0.15) is 0 Å². The molecule has 2 aromatic carbocycles. The van der Waals surface area contributed by atoms with Gasteiger partial charge in [0, 0.05) is 16.6 Å². The van der Waals surface area contributed by atoms with E-state index in [1.54, 1.807) is 6.07 Å². The van der Waals surface area contributed by atoms with Crippen molar-refractivity contribution < 1.29 is 24.4 Å². The molecule has 0 atom stereocenters. The van der Waals surface area contributed by atoms with Crippen LogP contribution in [0.2, 0.25) is 0 Å². The second-order valence-electron chi connectivity index (χ2n) is 5.74. The van der Waals surface area contributed by atoms with Crippen molar-refractivity contribution in [2.75, 3.05) is 7.11 Å². The molecule has 0 aromatic heterocycles. The predicted molar refractivity (Wildman–Crippen MR) is 107 cm³/mol. The Bertz CT molecular complexity index is 1010.